The van der Waals surface area contributed by atoms with Crippen LogP contribution in [0, 0.1) is 0 Å². The predicted molar refractivity (Wildman–Crippen MR) is 69.4 cm³/mol. The lowest BCUT2D eigenvalue weighted by Gasteiger charge is -2.28. The molecule has 2 atom stereocenters. The first kappa shape index (κ1) is 11.6. The molecule has 5 heteroatoms. The summed E-state index contributed by atoms with van der Waals surface area (Å²) in [7, 11) is 0. The molecule has 2 rings (SSSR count). The van der Waals surface area contributed by atoms with Gasteiger partial charge in [-0.1, -0.05) is 6.92 Å². The monoisotopic (exact) mass is 284 g/mol. The molecule has 0 saturated carbocycles. The fourth-order valence-electron chi connectivity index (χ4n) is 2.37. The summed E-state index contributed by atoms with van der Waals surface area (Å²) in [6.07, 6.45) is 3.54. The first-order chi connectivity index (χ1) is 7.61. The van der Waals surface area contributed by atoms with Crippen molar-refractivity contribution >= 4 is 27.7 Å². The van der Waals surface area contributed by atoms with Crippen LogP contribution >= 0.6 is 15.9 Å². The van der Waals surface area contributed by atoms with Crippen LogP contribution in [-0.2, 0) is 0 Å². The van der Waals surface area contributed by atoms with E-state index < -0.39 is 0 Å². The van der Waals surface area contributed by atoms with E-state index in [0.717, 1.165) is 17.0 Å². The molecular formula is C11H17BrN4. The summed E-state index contributed by atoms with van der Waals surface area (Å²) in [6.45, 7) is 4.42. The van der Waals surface area contributed by atoms with E-state index in [9.17, 15) is 0 Å². The molecule has 0 radical (unpaired) electrons. The average Bonchev–Trinajstić information content (AvgIpc) is 2.58. The van der Waals surface area contributed by atoms with Gasteiger partial charge in [0.05, 0.1) is 0 Å². The number of rotatable bonds is 2. The molecule has 0 amide bonds. The van der Waals surface area contributed by atoms with Gasteiger partial charge in [0.25, 0.3) is 0 Å². The van der Waals surface area contributed by atoms with Crippen molar-refractivity contribution in [2.45, 2.75) is 45.2 Å². The minimum atomic E-state index is 0.499. The number of nitrogens with two attached hydrogens (primary N) is 1. The lowest BCUT2D eigenvalue weighted by molar-refractivity contribution is 0.612. The first-order valence-electron chi connectivity index (χ1n) is 5.70. The average molecular weight is 285 g/mol. The van der Waals surface area contributed by atoms with E-state index in [1.165, 1.54) is 12.8 Å². The van der Waals surface area contributed by atoms with E-state index in [-0.39, 0.29) is 0 Å². The van der Waals surface area contributed by atoms with Crippen LogP contribution in [0.15, 0.2) is 10.7 Å². The highest BCUT2D eigenvalue weighted by molar-refractivity contribution is 9.10. The molecule has 2 unspecified atom stereocenters. The number of hydrogen-bond acceptors (Lipinski definition) is 4. The second kappa shape index (κ2) is 4.57. The van der Waals surface area contributed by atoms with Gasteiger partial charge in [0, 0.05) is 18.2 Å². The van der Waals surface area contributed by atoms with Crippen LogP contribution in [0.5, 0.6) is 0 Å². The summed E-state index contributed by atoms with van der Waals surface area (Å²) in [5, 5.41) is 0. The summed E-state index contributed by atoms with van der Waals surface area (Å²) < 4.78 is 0.754. The molecular weight excluding hydrogens is 268 g/mol. The maximum atomic E-state index is 5.75. The van der Waals surface area contributed by atoms with Crippen molar-refractivity contribution in [3.05, 3.63) is 10.7 Å². The molecule has 0 aliphatic carbocycles. The van der Waals surface area contributed by atoms with Crippen molar-refractivity contribution in [3.63, 3.8) is 0 Å². The maximum Gasteiger partial charge on any atom is 0.228 e. The molecule has 1 aliphatic rings. The molecule has 1 saturated heterocycles. The molecule has 0 bridgehead atoms. The van der Waals surface area contributed by atoms with E-state index in [4.69, 9.17) is 5.73 Å². The van der Waals surface area contributed by atoms with Crippen molar-refractivity contribution in [3.8, 4) is 0 Å². The standard InChI is InChI=1S/C11H17BrN4/c1-3-8-5-4-7(2)16(8)11-14-9(12)6-10(13)15-11/h6-8H,3-5H2,1-2H3,(H2,13,14,15). The van der Waals surface area contributed by atoms with Gasteiger partial charge in [-0.3, -0.25) is 0 Å². The van der Waals surface area contributed by atoms with E-state index in [2.05, 4.69) is 44.6 Å². The lowest BCUT2D eigenvalue weighted by atomic mass is 10.2. The minimum Gasteiger partial charge on any atom is -0.383 e. The van der Waals surface area contributed by atoms with Gasteiger partial charge in [0.1, 0.15) is 10.4 Å². The molecule has 1 aliphatic heterocycles. The first-order valence-corrected chi connectivity index (χ1v) is 6.49. The number of aromatic nitrogens is 2. The predicted octanol–water partition coefficient (Wildman–Crippen LogP) is 2.59. The van der Waals surface area contributed by atoms with Crippen LogP contribution in [0.1, 0.15) is 33.1 Å². The van der Waals surface area contributed by atoms with Crippen LogP contribution in [0.3, 0.4) is 0 Å². The van der Waals surface area contributed by atoms with Crippen molar-refractivity contribution < 1.29 is 0 Å². The summed E-state index contributed by atoms with van der Waals surface area (Å²) in [4.78, 5) is 11.0. The molecule has 1 fully saturated rings. The van der Waals surface area contributed by atoms with Gasteiger partial charge >= 0.3 is 0 Å². The Hall–Kier alpha value is -0.840. The quantitative estimate of drug-likeness (QED) is 0.849. The third-order valence-electron chi connectivity index (χ3n) is 3.19. The Morgan fingerprint density at radius 3 is 2.88 bits per heavy atom. The summed E-state index contributed by atoms with van der Waals surface area (Å²) in [5.74, 6) is 1.27. The zero-order valence-electron chi connectivity index (χ0n) is 9.65. The fourth-order valence-corrected chi connectivity index (χ4v) is 2.76. The molecule has 0 aromatic carbocycles. The number of nitrogens with zero attached hydrogens (tertiary/aromatic N) is 3. The zero-order chi connectivity index (χ0) is 11.7. The highest BCUT2D eigenvalue weighted by Gasteiger charge is 2.31. The van der Waals surface area contributed by atoms with Crippen LogP contribution in [-0.4, -0.2) is 22.1 Å². The number of nitrogen functional groups attached to an aromatic ring is 1. The summed E-state index contributed by atoms with van der Waals surface area (Å²) >= 11 is 3.36. The zero-order valence-corrected chi connectivity index (χ0v) is 11.2. The maximum absolute atomic E-state index is 5.75. The Balaban J connectivity index is 2.34. The van der Waals surface area contributed by atoms with Gasteiger partial charge in [0.15, 0.2) is 0 Å². The molecule has 1 aromatic heterocycles. The van der Waals surface area contributed by atoms with Crippen molar-refractivity contribution in [1.82, 2.24) is 9.97 Å². The van der Waals surface area contributed by atoms with Gasteiger partial charge in [-0.05, 0) is 42.1 Å². The van der Waals surface area contributed by atoms with Gasteiger partial charge < -0.3 is 10.6 Å². The highest BCUT2D eigenvalue weighted by atomic mass is 79.9. The Kier molecular flexibility index (Phi) is 3.33. The van der Waals surface area contributed by atoms with E-state index in [1.807, 2.05) is 0 Å². The van der Waals surface area contributed by atoms with Crippen LogP contribution in [0.2, 0.25) is 0 Å². The Bertz CT molecular complexity index is 362. The number of halogens is 1. The molecule has 4 nitrogen and oxygen atoms in total. The molecule has 0 spiro atoms. The SMILES string of the molecule is CCC1CCC(C)N1c1nc(N)cc(Br)n1. The Labute approximate surface area is 104 Å². The number of anilines is 2. The van der Waals surface area contributed by atoms with Crippen LogP contribution in [0.4, 0.5) is 11.8 Å². The largest absolute Gasteiger partial charge is 0.383 e. The van der Waals surface area contributed by atoms with Crippen LogP contribution < -0.4 is 10.6 Å². The summed E-state index contributed by atoms with van der Waals surface area (Å²) in [5.41, 5.74) is 5.75. The smallest absolute Gasteiger partial charge is 0.228 e. The molecule has 88 valence electrons. The molecule has 2 N–H and O–H groups in total. The third kappa shape index (κ3) is 2.14. The Morgan fingerprint density at radius 2 is 2.25 bits per heavy atom. The van der Waals surface area contributed by atoms with Crippen molar-refractivity contribution in [2.75, 3.05) is 10.6 Å². The van der Waals surface area contributed by atoms with Crippen LogP contribution in [0.25, 0.3) is 0 Å². The number of hydrogen-bond donors (Lipinski definition) is 1. The van der Waals surface area contributed by atoms with E-state index in [1.54, 1.807) is 6.07 Å². The van der Waals surface area contributed by atoms with E-state index in [0.29, 0.717) is 17.9 Å². The minimum absolute atomic E-state index is 0.499. The second-order valence-corrected chi connectivity index (χ2v) is 5.12. The van der Waals surface area contributed by atoms with Gasteiger partial charge in [-0.2, -0.15) is 4.98 Å². The van der Waals surface area contributed by atoms with Gasteiger partial charge in [-0.25, -0.2) is 4.98 Å². The van der Waals surface area contributed by atoms with E-state index >= 15 is 0 Å². The fraction of sp³-hybridized carbons (Fsp3) is 0.636. The summed E-state index contributed by atoms with van der Waals surface area (Å²) in [6, 6.07) is 2.77. The normalized spacial score (nSPS) is 25.1. The third-order valence-corrected chi connectivity index (χ3v) is 3.60. The topological polar surface area (TPSA) is 55.0 Å². The van der Waals surface area contributed by atoms with Crippen molar-refractivity contribution in [2.24, 2.45) is 0 Å². The highest BCUT2D eigenvalue weighted by Crippen LogP contribution is 2.30. The molecule has 2 heterocycles. The molecule has 16 heavy (non-hydrogen) atoms. The second-order valence-electron chi connectivity index (χ2n) is 4.31. The lowest BCUT2D eigenvalue weighted by Crippen LogP contribution is -2.35. The van der Waals surface area contributed by atoms with Gasteiger partial charge in [-0.15, -0.1) is 0 Å². The van der Waals surface area contributed by atoms with Crippen molar-refractivity contribution in [1.29, 1.82) is 0 Å². The van der Waals surface area contributed by atoms with Gasteiger partial charge in [0.2, 0.25) is 5.95 Å². The Morgan fingerprint density at radius 1 is 1.50 bits per heavy atom. The molecule has 1 aromatic rings.